The number of ether oxygens (including phenoxy) is 1. The van der Waals surface area contributed by atoms with Crippen LogP contribution in [0.25, 0.3) is 10.1 Å². The van der Waals surface area contributed by atoms with Crippen LogP contribution in [0.2, 0.25) is 0 Å². The SMILES string of the molecule is CCNC(CCOC)Cc1csc2ccccc12. The van der Waals surface area contributed by atoms with Gasteiger partial charge in [-0.1, -0.05) is 25.1 Å². The first-order chi connectivity index (χ1) is 8.85. The maximum atomic E-state index is 5.19. The molecule has 0 amide bonds. The van der Waals surface area contributed by atoms with E-state index in [0.717, 1.165) is 26.0 Å². The first-order valence-electron chi connectivity index (χ1n) is 6.52. The zero-order valence-electron chi connectivity index (χ0n) is 11.1. The molecular weight excluding hydrogens is 242 g/mol. The third kappa shape index (κ3) is 3.31. The Morgan fingerprint density at radius 2 is 2.17 bits per heavy atom. The van der Waals surface area contributed by atoms with Gasteiger partial charge in [0, 0.05) is 24.5 Å². The summed E-state index contributed by atoms with van der Waals surface area (Å²) in [5.74, 6) is 0. The van der Waals surface area contributed by atoms with Gasteiger partial charge < -0.3 is 10.1 Å². The fraction of sp³-hybridized carbons (Fsp3) is 0.467. The third-order valence-electron chi connectivity index (χ3n) is 3.19. The van der Waals surface area contributed by atoms with Crippen molar-refractivity contribution in [2.45, 2.75) is 25.8 Å². The lowest BCUT2D eigenvalue weighted by molar-refractivity contribution is 0.183. The quantitative estimate of drug-likeness (QED) is 0.826. The first-order valence-corrected chi connectivity index (χ1v) is 7.40. The molecule has 0 aliphatic rings. The molecule has 1 unspecified atom stereocenters. The summed E-state index contributed by atoms with van der Waals surface area (Å²) in [5, 5.41) is 7.24. The van der Waals surface area contributed by atoms with Gasteiger partial charge in [0.1, 0.15) is 0 Å². The lowest BCUT2D eigenvalue weighted by atomic mass is 10.0. The molecule has 1 atom stereocenters. The molecule has 1 N–H and O–H groups in total. The van der Waals surface area contributed by atoms with Crippen molar-refractivity contribution in [3.8, 4) is 0 Å². The van der Waals surface area contributed by atoms with Gasteiger partial charge in [-0.25, -0.2) is 0 Å². The minimum absolute atomic E-state index is 0.507. The second kappa shape index (κ2) is 6.88. The number of nitrogens with one attached hydrogen (secondary N) is 1. The van der Waals surface area contributed by atoms with E-state index in [9.17, 15) is 0 Å². The van der Waals surface area contributed by atoms with Crippen LogP contribution >= 0.6 is 11.3 Å². The van der Waals surface area contributed by atoms with E-state index in [2.05, 4.69) is 41.9 Å². The highest BCUT2D eigenvalue weighted by atomic mass is 32.1. The van der Waals surface area contributed by atoms with Crippen LogP contribution in [0.15, 0.2) is 29.6 Å². The Balaban J connectivity index is 2.10. The van der Waals surface area contributed by atoms with Crippen molar-refractivity contribution in [3.63, 3.8) is 0 Å². The van der Waals surface area contributed by atoms with Gasteiger partial charge in [0.25, 0.3) is 0 Å². The summed E-state index contributed by atoms with van der Waals surface area (Å²) in [6, 6.07) is 9.15. The summed E-state index contributed by atoms with van der Waals surface area (Å²) in [6.45, 7) is 3.99. The van der Waals surface area contributed by atoms with Crippen molar-refractivity contribution in [2.24, 2.45) is 0 Å². The minimum Gasteiger partial charge on any atom is -0.385 e. The Labute approximate surface area is 113 Å². The van der Waals surface area contributed by atoms with Crippen LogP contribution in [0.1, 0.15) is 18.9 Å². The first kappa shape index (κ1) is 13.5. The van der Waals surface area contributed by atoms with E-state index in [0.29, 0.717) is 6.04 Å². The molecule has 0 aliphatic heterocycles. The summed E-state index contributed by atoms with van der Waals surface area (Å²) in [5.41, 5.74) is 1.46. The summed E-state index contributed by atoms with van der Waals surface area (Å²) in [6.07, 6.45) is 2.15. The Hall–Kier alpha value is -0.900. The van der Waals surface area contributed by atoms with Gasteiger partial charge in [-0.05, 0) is 41.8 Å². The molecule has 2 nitrogen and oxygen atoms in total. The second-order valence-electron chi connectivity index (χ2n) is 4.50. The number of methoxy groups -OCH3 is 1. The summed E-state index contributed by atoms with van der Waals surface area (Å²) in [4.78, 5) is 0. The molecule has 2 aromatic rings. The fourth-order valence-electron chi connectivity index (χ4n) is 2.28. The van der Waals surface area contributed by atoms with Crippen molar-refractivity contribution in [2.75, 3.05) is 20.3 Å². The predicted octanol–water partition coefficient (Wildman–Crippen LogP) is 3.46. The highest BCUT2D eigenvalue weighted by Crippen LogP contribution is 2.26. The van der Waals surface area contributed by atoms with E-state index in [1.165, 1.54) is 15.6 Å². The summed E-state index contributed by atoms with van der Waals surface area (Å²) >= 11 is 1.84. The van der Waals surface area contributed by atoms with Crippen LogP contribution in [0, 0.1) is 0 Å². The molecule has 2 rings (SSSR count). The van der Waals surface area contributed by atoms with Crippen molar-refractivity contribution in [1.82, 2.24) is 5.32 Å². The second-order valence-corrected chi connectivity index (χ2v) is 5.41. The average Bonchev–Trinajstić information content (AvgIpc) is 2.80. The van der Waals surface area contributed by atoms with Crippen molar-refractivity contribution < 1.29 is 4.74 Å². The molecule has 1 heterocycles. The van der Waals surface area contributed by atoms with Gasteiger partial charge in [-0.15, -0.1) is 11.3 Å². The normalized spacial score (nSPS) is 13.0. The number of fused-ring (bicyclic) bond motifs is 1. The third-order valence-corrected chi connectivity index (χ3v) is 4.20. The molecule has 0 saturated carbocycles. The number of hydrogen-bond acceptors (Lipinski definition) is 3. The smallest absolute Gasteiger partial charge is 0.0477 e. The van der Waals surface area contributed by atoms with Gasteiger partial charge >= 0.3 is 0 Å². The topological polar surface area (TPSA) is 21.3 Å². The monoisotopic (exact) mass is 263 g/mol. The van der Waals surface area contributed by atoms with Gasteiger partial charge in [-0.3, -0.25) is 0 Å². The zero-order valence-corrected chi connectivity index (χ0v) is 11.9. The predicted molar refractivity (Wildman–Crippen MR) is 79.5 cm³/mol. The van der Waals surface area contributed by atoms with Crippen LogP contribution in [0.5, 0.6) is 0 Å². The van der Waals surface area contributed by atoms with E-state index >= 15 is 0 Å². The van der Waals surface area contributed by atoms with Crippen LogP contribution in [-0.4, -0.2) is 26.3 Å². The molecule has 1 aromatic heterocycles. The number of likely N-dealkylation sites (N-methyl/N-ethyl adjacent to an activating group) is 1. The number of hydrogen-bond donors (Lipinski definition) is 1. The molecule has 98 valence electrons. The van der Waals surface area contributed by atoms with Crippen LogP contribution in [-0.2, 0) is 11.2 Å². The van der Waals surface area contributed by atoms with Gasteiger partial charge in [0.2, 0.25) is 0 Å². The number of benzene rings is 1. The molecular formula is C15H21NOS. The molecule has 0 aliphatic carbocycles. The van der Waals surface area contributed by atoms with Crippen molar-refractivity contribution in [1.29, 1.82) is 0 Å². The Morgan fingerprint density at radius 1 is 1.33 bits per heavy atom. The van der Waals surface area contributed by atoms with E-state index in [1.807, 2.05) is 11.3 Å². The lowest BCUT2D eigenvalue weighted by Crippen LogP contribution is -2.32. The molecule has 0 saturated heterocycles. The van der Waals surface area contributed by atoms with E-state index in [-0.39, 0.29) is 0 Å². The van der Waals surface area contributed by atoms with Crippen molar-refractivity contribution >= 4 is 21.4 Å². The standard InChI is InChI=1S/C15H21NOS/c1-3-16-13(8-9-17-2)10-12-11-18-15-7-5-4-6-14(12)15/h4-7,11,13,16H,3,8-10H2,1-2H3. The fourth-order valence-corrected chi connectivity index (χ4v) is 3.26. The summed E-state index contributed by atoms with van der Waals surface area (Å²) < 4.78 is 6.57. The lowest BCUT2D eigenvalue weighted by Gasteiger charge is -2.17. The van der Waals surface area contributed by atoms with Gasteiger partial charge in [0.15, 0.2) is 0 Å². The average molecular weight is 263 g/mol. The highest BCUT2D eigenvalue weighted by Gasteiger charge is 2.11. The molecule has 0 radical (unpaired) electrons. The maximum absolute atomic E-state index is 5.19. The van der Waals surface area contributed by atoms with Gasteiger partial charge in [-0.2, -0.15) is 0 Å². The van der Waals surface area contributed by atoms with E-state index < -0.39 is 0 Å². The molecule has 0 fully saturated rings. The van der Waals surface area contributed by atoms with E-state index in [1.54, 1.807) is 7.11 Å². The van der Waals surface area contributed by atoms with Gasteiger partial charge in [0.05, 0.1) is 0 Å². The zero-order chi connectivity index (χ0) is 12.8. The number of rotatable bonds is 7. The van der Waals surface area contributed by atoms with Crippen LogP contribution < -0.4 is 5.32 Å². The molecule has 0 bridgehead atoms. The van der Waals surface area contributed by atoms with Crippen molar-refractivity contribution in [3.05, 3.63) is 35.2 Å². The molecule has 1 aromatic carbocycles. The van der Waals surface area contributed by atoms with Crippen LogP contribution in [0.3, 0.4) is 0 Å². The molecule has 3 heteroatoms. The molecule has 18 heavy (non-hydrogen) atoms. The Bertz CT molecular complexity index is 480. The largest absolute Gasteiger partial charge is 0.385 e. The van der Waals surface area contributed by atoms with Crippen LogP contribution in [0.4, 0.5) is 0 Å². The summed E-state index contributed by atoms with van der Waals surface area (Å²) in [7, 11) is 1.77. The number of thiophene rings is 1. The highest BCUT2D eigenvalue weighted by molar-refractivity contribution is 7.17. The molecule has 0 spiro atoms. The Morgan fingerprint density at radius 3 is 2.94 bits per heavy atom. The van der Waals surface area contributed by atoms with E-state index in [4.69, 9.17) is 4.74 Å². The Kier molecular flexibility index (Phi) is 5.17. The minimum atomic E-state index is 0.507. The maximum Gasteiger partial charge on any atom is 0.0477 e.